The van der Waals surface area contributed by atoms with E-state index in [-0.39, 0.29) is 28.5 Å². The smallest absolute Gasteiger partial charge is 0.324 e. The minimum Gasteiger partial charge on any atom is -0.388 e. The van der Waals surface area contributed by atoms with Crippen LogP contribution >= 0.6 is 12.2 Å². The van der Waals surface area contributed by atoms with Gasteiger partial charge in [0.15, 0.2) is 5.11 Å². The molecule has 2 aliphatic rings. The number of carbonyl (C=O) groups excluding carboxylic acids is 2. The fourth-order valence-electron chi connectivity index (χ4n) is 4.31. The molecule has 0 radical (unpaired) electrons. The molecule has 0 saturated heterocycles. The molecule has 0 spiro atoms. The fourth-order valence-corrected chi connectivity index (χ4v) is 5.72. The Balaban J connectivity index is 0.00000121. The Morgan fingerprint density at radius 1 is 1.05 bits per heavy atom. The lowest BCUT2D eigenvalue weighted by atomic mass is 9.96. The summed E-state index contributed by atoms with van der Waals surface area (Å²) in [5, 5.41) is 5.98. The summed E-state index contributed by atoms with van der Waals surface area (Å²) in [4.78, 5) is 26.1. The van der Waals surface area contributed by atoms with Crippen molar-refractivity contribution in [1.82, 2.24) is 20.3 Å². The van der Waals surface area contributed by atoms with Crippen molar-refractivity contribution in [1.29, 1.82) is 0 Å². The summed E-state index contributed by atoms with van der Waals surface area (Å²) < 4.78 is 32.0. The second kappa shape index (κ2) is 13.5. The van der Waals surface area contributed by atoms with E-state index in [2.05, 4.69) is 20.1 Å². The minimum atomic E-state index is -3.77. The van der Waals surface area contributed by atoms with Crippen molar-refractivity contribution in [3.05, 3.63) is 65.2 Å². The Morgan fingerprint density at radius 2 is 1.70 bits per heavy atom. The third-order valence-corrected chi connectivity index (χ3v) is 7.87. The molecule has 2 aromatic carbocycles. The molecule has 11 heteroatoms. The van der Waals surface area contributed by atoms with Crippen LogP contribution in [0.5, 0.6) is 0 Å². The largest absolute Gasteiger partial charge is 0.388 e. The SMILES string of the molecule is COC.O=C(NCCc1ccc(S(=O)(=O)NC(=S)NC2CCCCC2)cc1)N1Cc2ccccc2C1=O. The highest BCUT2D eigenvalue weighted by Gasteiger charge is 2.31. The molecule has 37 heavy (non-hydrogen) atoms. The maximum Gasteiger partial charge on any atom is 0.324 e. The first-order chi connectivity index (χ1) is 17.7. The van der Waals surface area contributed by atoms with Gasteiger partial charge in [0.25, 0.3) is 15.9 Å². The van der Waals surface area contributed by atoms with Gasteiger partial charge in [-0.05, 0) is 60.8 Å². The molecule has 3 N–H and O–H groups in total. The molecule has 0 unspecified atom stereocenters. The summed E-state index contributed by atoms with van der Waals surface area (Å²) in [7, 11) is -0.522. The Morgan fingerprint density at radius 3 is 2.35 bits per heavy atom. The number of sulfonamides is 1. The average molecular weight is 547 g/mol. The van der Waals surface area contributed by atoms with Crippen molar-refractivity contribution in [3.63, 3.8) is 0 Å². The van der Waals surface area contributed by atoms with Crippen LogP contribution in [0.25, 0.3) is 0 Å². The van der Waals surface area contributed by atoms with Crippen molar-refractivity contribution in [2.75, 3.05) is 20.8 Å². The predicted octanol–water partition coefficient (Wildman–Crippen LogP) is 3.34. The first-order valence-corrected chi connectivity index (χ1v) is 14.1. The normalized spacial score (nSPS) is 15.3. The Labute approximate surface area is 224 Å². The summed E-state index contributed by atoms with van der Waals surface area (Å²) in [6.45, 7) is 0.580. The monoisotopic (exact) mass is 546 g/mol. The maximum absolute atomic E-state index is 12.6. The first-order valence-electron chi connectivity index (χ1n) is 12.2. The minimum absolute atomic E-state index is 0.119. The molecular formula is C26H34N4O5S2. The number of thiocarbonyl (C=S) groups is 1. The quantitative estimate of drug-likeness (QED) is 0.476. The molecule has 0 aromatic heterocycles. The lowest BCUT2D eigenvalue weighted by Crippen LogP contribution is -2.44. The van der Waals surface area contributed by atoms with Gasteiger partial charge in [-0.25, -0.2) is 13.2 Å². The molecule has 9 nitrogen and oxygen atoms in total. The van der Waals surface area contributed by atoms with E-state index in [9.17, 15) is 18.0 Å². The van der Waals surface area contributed by atoms with Crippen LogP contribution in [0.2, 0.25) is 0 Å². The van der Waals surface area contributed by atoms with Gasteiger partial charge in [-0.1, -0.05) is 49.6 Å². The van der Waals surface area contributed by atoms with Gasteiger partial charge in [0.05, 0.1) is 11.4 Å². The van der Waals surface area contributed by atoms with Crippen LogP contribution in [0.1, 0.15) is 53.6 Å². The van der Waals surface area contributed by atoms with Gasteiger partial charge in [-0.15, -0.1) is 0 Å². The number of rotatable bonds is 6. The zero-order valence-electron chi connectivity index (χ0n) is 21.2. The van der Waals surface area contributed by atoms with Crippen molar-refractivity contribution in [3.8, 4) is 0 Å². The van der Waals surface area contributed by atoms with E-state index in [1.807, 2.05) is 12.1 Å². The maximum atomic E-state index is 12.6. The first kappa shape index (κ1) is 28.5. The van der Waals surface area contributed by atoms with Crippen molar-refractivity contribution in [2.45, 2.75) is 56.0 Å². The van der Waals surface area contributed by atoms with Crippen molar-refractivity contribution < 1.29 is 22.7 Å². The molecule has 4 rings (SSSR count). The van der Waals surface area contributed by atoms with E-state index < -0.39 is 16.1 Å². The van der Waals surface area contributed by atoms with Gasteiger partial charge in [-0.3, -0.25) is 14.4 Å². The highest BCUT2D eigenvalue weighted by molar-refractivity contribution is 7.91. The molecule has 200 valence electrons. The number of methoxy groups -OCH3 is 1. The number of hydrogen-bond donors (Lipinski definition) is 3. The number of fused-ring (bicyclic) bond motifs is 1. The number of nitrogens with one attached hydrogen (secondary N) is 3. The van der Waals surface area contributed by atoms with Crippen LogP contribution < -0.4 is 15.4 Å². The van der Waals surface area contributed by atoms with Gasteiger partial charge in [0, 0.05) is 32.4 Å². The van der Waals surface area contributed by atoms with E-state index >= 15 is 0 Å². The van der Waals surface area contributed by atoms with Crippen molar-refractivity contribution >= 4 is 39.3 Å². The molecule has 2 aromatic rings. The molecular weight excluding hydrogens is 512 g/mol. The van der Waals surface area contributed by atoms with Crippen LogP contribution in [0.4, 0.5) is 4.79 Å². The lowest BCUT2D eigenvalue weighted by molar-refractivity contribution is 0.0821. The summed E-state index contributed by atoms with van der Waals surface area (Å²) >= 11 is 5.20. The van der Waals surface area contributed by atoms with Crippen LogP contribution in [-0.4, -0.2) is 57.2 Å². The number of urea groups is 1. The Hall–Kier alpha value is -3.02. The average Bonchev–Trinajstić information content (AvgIpc) is 3.22. The molecule has 1 aliphatic carbocycles. The van der Waals surface area contributed by atoms with Gasteiger partial charge in [0.2, 0.25) is 0 Å². The summed E-state index contributed by atoms with van der Waals surface area (Å²) in [6.07, 6.45) is 5.93. The van der Waals surface area contributed by atoms with E-state index in [1.165, 1.54) is 23.5 Å². The topological polar surface area (TPSA) is 117 Å². The number of ether oxygens (including phenoxy) is 1. The van der Waals surface area contributed by atoms with Gasteiger partial charge in [-0.2, -0.15) is 0 Å². The zero-order chi connectivity index (χ0) is 26.8. The van der Waals surface area contributed by atoms with E-state index in [0.717, 1.165) is 36.8 Å². The number of imide groups is 1. The summed E-state index contributed by atoms with van der Waals surface area (Å²) in [5.41, 5.74) is 2.25. The van der Waals surface area contributed by atoms with Gasteiger partial charge < -0.3 is 15.4 Å². The standard InChI is InChI=1S/C24H28N4O4S2.C2H6O/c29-22-21-9-5-4-6-18(21)16-28(22)24(30)25-15-14-17-10-12-20(13-11-17)34(31,32)27-23(33)26-19-7-2-1-3-8-19;1-3-2/h4-6,9-13,19H,1-3,7-8,14-16H2,(H,25,30)(H2,26,27,33);1-2H3. The van der Waals surface area contributed by atoms with E-state index in [4.69, 9.17) is 12.2 Å². The highest BCUT2D eigenvalue weighted by Crippen LogP contribution is 2.22. The summed E-state index contributed by atoms with van der Waals surface area (Å²) in [6, 6.07) is 13.4. The highest BCUT2D eigenvalue weighted by atomic mass is 32.2. The molecule has 0 bridgehead atoms. The van der Waals surface area contributed by atoms with Crippen LogP contribution in [0, 0.1) is 0 Å². The second-order valence-electron chi connectivity index (χ2n) is 9.00. The second-order valence-corrected chi connectivity index (χ2v) is 11.1. The number of amides is 3. The van der Waals surface area contributed by atoms with E-state index in [0.29, 0.717) is 18.5 Å². The zero-order valence-corrected chi connectivity index (χ0v) is 22.8. The fraction of sp³-hybridized carbons (Fsp3) is 0.423. The van der Waals surface area contributed by atoms with E-state index in [1.54, 1.807) is 38.5 Å². The van der Waals surface area contributed by atoms with Crippen LogP contribution in [0.3, 0.4) is 0 Å². The van der Waals surface area contributed by atoms with Crippen LogP contribution in [0.15, 0.2) is 53.4 Å². The molecule has 1 aliphatic heterocycles. The third kappa shape index (κ3) is 7.98. The molecule has 0 atom stereocenters. The predicted molar refractivity (Wildman–Crippen MR) is 146 cm³/mol. The van der Waals surface area contributed by atoms with Crippen molar-refractivity contribution in [2.24, 2.45) is 0 Å². The number of hydrogen-bond acceptors (Lipinski definition) is 6. The Bertz CT molecular complexity index is 1200. The number of benzene rings is 2. The molecule has 1 saturated carbocycles. The lowest BCUT2D eigenvalue weighted by Gasteiger charge is -2.24. The third-order valence-electron chi connectivity index (χ3n) is 6.16. The molecule has 1 heterocycles. The molecule has 3 amide bonds. The van der Waals surface area contributed by atoms with Gasteiger partial charge >= 0.3 is 6.03 Å². The van der Waals surface area contributed by atoms with Crippen LogP contribution in [-0.2, 0) is 27.7 Å². The van der Waals surface area contributed by atoms with Gasteiger partial charge in [0.1, 0.15) is 0 Å². The molecule has 1 fully saturated rings. The Kier molecular flexibility index (Phi) is 10.4. The number of carbonyl (C=O) groups is 2. The summed E-state index contributed by atoms with van der Waals surface area (Å²) in [5.74, 6) is -0.300. The number of nitrogens with zero attached hydrogens (tertiary/aromatic N) is 1.